The average Bonchev–Trinajstić information content (AvgIpc) is 2.48. The first-order chi connectivity index (χ1) is 11.2. The van der Waals surface area contributed by atoms with E-state index < -0.39 is 12.3 Å². The summed E-state index contributed by atoms with van der Waals surface area (Å²) < 4.78 is 40.1. The first-order valence-corrected chi connectivity index (χ1v) is 7.59. The van der Waals surface area contributed by atoms with Gasteiger partial charge in [0.15, 0.2) is 0 Å². The summed E-state index contributed by atoms with van der Waals surface area (Å²) in [5.41, 5.74) is 5.88. The number of rotatable bonds is 4. The van der Waals surface area contributed by atoms with Crippen molar-refractivity contribution in [3.63, 3.8) is 0 Å². The third kappa shape index (κ3) is 4.87. The average molecular weight is 344 g/mol. The number of nitrogens with two attached hydrogens (primary N) is 1. The molecule has 1 aromatic rings. The number of amides is 2. The summed E-state index contributed by atoms with van der Waals surface area (Å²) >= 11 is 0. The molecular formula is C16H19F3N2O3. The summed E-state index contributed by atoms with van der Waals surface area (Å²) in [4.78, 5) is 25.4. The highest BCUT2D eigenvalue weighted by Crippen LogP contribution is 2.25. The van der Waals surface area contributed by atoms with E-state index in [2.05, 4.69) is 4.74 Å². The Morgan fingerprint density at radius 1 is 1.25 bits per heavy atom. The standard InChI is InChI=1S/C16H19F3N2O3/c1-10-2-5-12(15(20)23)9-21(10)14(22)8-11-3-6-13(7-4-11)24-16(17,18)19/h3-4,6-7,10,12H,2,5,8-9H2,1H3,(H2,20,23)/t10-,12+/m1/s1. The molecule has 1 heterocycles. The number of hydrogen-bond acceptors (Lipinski definition) is 3. The van der Waals surface area contributed by atoms with Crippen molar-refractivity contribution in [3.05, 3.63) is 29.8 Å². The van der Waals surface area contributed by atoms with Crippen molar-refractivity contribution in [3.8, 4) is 5.75 Å². The first-order valence-electron chi connectivity index (χ1n) is 7.59. The van der Waals surface area contributed by atoms with Crippen LogP contribution in [0.2, 0.25) is 0 Å². The molecule has 0 saturated carbocycles. The fourth-order valence-corrected chi connectivity index (χ4v) is 2.77. The molecule has 0 aliphatic carbocycles. The lowest BCUT2D eigenvalue weighted by Crippen LogP contribution is -2.49. The minimum atomic E-state index is -4.75. The molecule has 2 rings (SSSR count). The van der Waals surface area contributed by atoms with Gasteiger partial charge in [0, 0.05) is 12.6 Å². The SMILES string of the molecule is C[C@@H]1CC[C@H](C(N)=O)CN1C(=O)Cc1ccc(OC(F)(F)F)cc1. The van der Waals surface area contributed by atoms with Gasteiger partial charge in [0.1, 0.15) is 5.75 Å². The van der Waals surface area contributed by atoms with Gasteiger partial charge < -0.3 is 15.4 Å². The van der Waals surface area contributed by atoms with Gasteiger partial charge in [-0.3, -0.25) is 9.59 Å². The zero-order valence-corrected chi connectivity index (χ0v) is 13.2. The molecule has 0 radical (unpaired) electrons. The highest BCUT2D eigenvalue weighted by molar-refractivity contribution is 5.81. The van der Waals surface area contributed by atoms with Crippen LogP contribution >= 0.6 is 0 Å². The molecule has 1 saturated heterocycles. The van der Waals surface area contributed by atoms with E-state index in [-0.39, 0.29) is 36.6 Å². The molecular weight excluding hydrogens is 325 g/mol. The Bertz CT molecular complexity index is 602. The molecule has 0 spiro atoms. The molecule has 0 bridgehead atoms. The molecule has 0 unspecified atom stereocenters. The van der Waals surface area contributed by atoms with Gasteiger partial charge in [-0.05, 0) is 37.5 Å². The highest BCUT2D eigenvalue weighted by Gasteiger charge is 2.32. The summed E-state index contributed by atoms with van der Waals surface area (Å²) in [6.07, 6.45) is -3.35. The molecule has 24 heavy (non-hydrogen) atoms. The van der Waals surface area contributed by atoms with Gasteiger partial charge in [-0.25, -0.2) is 0 Å². The summed E-state index contributed by atoms with van der Waals surface area (Å²) in [6.45, 7) is 2.18. The Morgan fingerprint density at radius 3 is 2.42 bits per heavy atom. The monoisotopic (exact) mass is 344 g/mol. The molecule has 5 nitrogen and oxygen atoms in total. The number of hydrogen-bond donors (Lipinski definition) is 1. The maximum Gasteiger partial charge on any atom is 0.573 e. The van der Waals surface area contributed by atoms with Crippen molar-refractivity contribution >= 4 is 11.8 Å². The predicted octanol–water partition coefficient (Wildman–Crippen LogP) is 2.24. The Hall–Kier alpha value is -2.25. The van der Waals surface area contributed by atoms with Gasteiger partial charge in [-0.1, -0.05) is 12.1 Å². The van der Waals surface area contributed by atoms with Crippen LogP contribution in [0, 0.1) is 5.92 Å². The van der Waals surface area contributed by atoms with Gasteiger partial charge in [-0.15, -0.1) is 13.2 Å². The molecule has 1 aliphatic rings. The van der Waals surface area contributed by atoms with Crippen LogP contribution < -0.4 is 10.5 Å². The van der Waals surface area contributed by atoms with Crippen LogP contribution in [0.15, 0.2) is 24.3 Å². The number of halogens is 3. The van der Waals surface area contributed by atoms with E-state index in [9.17, 15) is 22.8 Å². The number of nitrogens with zero attached hydrogens (tertiary/aromatic N) is 1. The van der Waals surface area contributed by atoms with E-state index in [1.54, 1.807) is 4.90 Å². The van der Waals surface area contributed by atoms with E-state index in [1.807, 2.05) is 6.92 Å². The largest absolute Gasteiger partial charge is 0.573 e. The van der Waals surface area contributed by atoms with E-state index in [0.717, 1.165) is 0 Å². The molecule has 2 atom stereocenters. The Balaban J connectivity index is 1.99. The van der Waals surface area contributed by atoms with Crippen molar-refractivity contribution in [2.24, 2.45) is 11.7 Å². The normalized spacial score (nSPS) is 21.4. The lowest BCUT2D eigenvalue weighted by Gasteiger charge is -2.37. The van der Waals surface area contributed by atoms with Crippen LogP contribution in [0.1, 0.15) is 25.3 Å². The zero-order valence-electron chi connectivity index (χ0n) is 13.2. The molecule has 1 aliphatic heterocycles. The van der Waals surface area contributed by atoms with Gasteiger partial charge in [0.25, 0.3) is 0 Å². The third-order valence-corrected chi connectivity index (χ3v) is 4.12. The van der Waals surface area contributed by atoms with Crippen molar-refractivity contribution in [2.75, 3.05) is 6.54 Å². The predicted molar refractivity (Wildman–Crippen MR) is 79.9 cm³/mol. The van der Waals surface area contributed by atoms with Crippen molar-refractivity contribution in [1.82, 2.24) is 4.90 Å². The second-order valence-corrected chi connectivity index (χ2v) is 5.94. The number of ether oxygens (including phenoxy) is 1. The van der Waals surface area contributed by atoms with Crippen LogP contribution in [-0.4, -0.2) is 35.7 Å². The lowest BCUT2D eigenvalue weighted by atomic mass is 9.92. The summed E-state index contributed by atoms with van der Waals surface area (Å²) in [6, 6.07) is 5.17. The Kier molecular flexibility index (Phi) is 5.36. The summed E-state index contributed by atoms with van der Waals surface area (Å²) in [5, 5.41) is 0. The maximum absolute atomic E-state index is 12.4. The van der Waals surface area contributed by atoms with Crippen LogP contribution in [-0.2, 0) is 16.0 Å². The second kappa shape index (κ2) is 7.11. The van der Waals surface area contributed by atoms with E-state index in [1.165, 1.54) is 24.3 Å². The van der Waals surface area contributed by atoms with Gasteiger partial charge in [0.05, 0.1) is 12.3 Å². The number of carbonyl (C=O) groups is 2. The van der Waals surface area contributed by atoms with Crippen molar-refractivity contribution < 1.29 is 27.5 Å². The minimum absolute atomic E-state index is 0.000867. The third-order valence-electron chi connectivity index (χ3n) is 4.12. The van der Waals surface area contributed by atoms with Crippen LogP contribution in [0.25, 0.3) is 0 Å². The fourth-order valence-electron chi connectivity index (χ4n) is 2.77. The number of primary amides is 1. The van der Waals surface area contributed by atoms with Crippen molar-refractivity contribution in [2.45, 2.75) is 38.6 Å². The number of carbonyl (C=O) groups excluding carboxylic acids is 2. The Morgan fingerprint density at radius 2 is 1.88 bits per heavy atom. The number of benzene rings is 1. The summed E-state index contributed by atoms with van der Waals surface area (Å²) in [5.74, 6) is -1.29. The fraction of sp³-hybridized carbons (Fsp3) is 0.500. The van der Waals surface area contributed by atoms with E-state index in [0.29, 0.717) is 18.4 Å². The number of likely N-dealkylation sites (tertiary alicyclic amines) is 1. The quantitative estimate of drug-likeness (QED) is 0.910. The zero-order chi connectivity index (χ0) is 17.9. The van der Waals surface area contributed by atoms with Gasteiger partial charge >= 0.3 is 6.36 Å². The van der Waals surface area contributed by atoms with Crippen LogP contribution in [0.3, 0.4) is 0 Å². The number of piperidine rings is 1. The molecule has 2 N–H and O–H groups in total. The number of alkyl halides is 3. The molecule has 8 heteroatoms. The first kappa shape index (κ1) is 18.1. The Labute approximate surface area is 137 Å². The molecule has 1 aromatic carbocycles. The van der Waals surface area contributed by atoms with Gasteiger partial charge in [-0.2, -0.15) is 0 Å². The van der Waals surface area contributed by atoms with E-state index in [4.69, 9.17) is 5.73 Å². The minimum Gasteiger partial charge on any atom is -0.406 e. The second-order valence-electron chi connectivity index (χ2n) is 5.94. The molecule has 0 aromatic heterocycles. The lowest BCUT2D eigenvalue weighted by molar-refractivity contribution is -0.274. The topological polar surface area (TPSA) is 72.6 Å². The van der Waals surface area contributed by atoms with E-state index >= 15 is 0 Å². The highest BCUT2D eigenvalue weighted by atomic mass is 19.4. The van der Waals surface area contributed by atoms with Crippen LogP contribution in [0.5, 0.6) is 5.75 Å². The summed E-state index contributed by atoms with van der Waals surface area (Å²) in [7, 11) is 0. The van der Waals surface area contributed by atoms with Crippen molar-refractivity contribution in [1.29, 1.82) is 0 Å². The molecule has 132 valence electrons. The van der Waals surface area contributed by atoms with Gasteiger partial charge in [0.2, 0.25) is 11.8 Å². The maximum atomic E-state index is 12.4. The molecule has 1 fully saturated rings. The molecule has 2 amide bonds. The van der Waals surface area contributed by atoms with Crippen LogP contribution in [0.4, 0.5) is 13.2 Å². The smallest absolute Gasteiger partial charge is 0.406 e.